The fourth-order valence-electron chi connectivity index (χ4n) is 2.40. The molecule has 3 nitrogen and oxygen atoms in total. The largest absolute Gasteiger partial charge is 0.379 e. The van der Waals surface area contributed by atoms with Gasteiger partial charge in [-0.1, -0.05) is 6.92 Å². The molecule has 3 heteroatoms. The van der Waals surface area contributed by atoms with Gasteiger partial charge in [-0.2, -0.15) is 0 Å². The van der Waals surface area contributed by atoms with Crippen molar-refractivity contribution in [1.29, 1.82) is 0 Å². The minimum absolute atomic E-state index is 0.189. The molecule has 0 aliphatic heterocycles. The van der Waals surface area contributed by atoms with Gasteiger partial charge < -0.3 is 15.4 Å². The van der Waals surface area contributed by atoms with E-state index < -0.39 is 0 Å². The molecule has 90 valence electrons. The molecule has 0 aromatic heterocycles. The van der Waals surface area contributed by atoms with Crippen molar-refractivity contribution in [3.63, 3.8) is 0 Å². The van der Waals surface area contributed by atoms with Crippen LogP contribution >= 0.6 is 0 Å². The molecule has 1 unspecified atom stereocenters. The Labute approximate surface area is 94.0 Å². The third-order valence-electron chi connectivity index (χ3n) is 3.70. The van der Waals surface area contributed by atoms with Crippen LogP contribution in [0.25, 0.3) is 0 Å². The third kappa shape index (κ3) is 4.09. The van der Waals surface area contributed by atoms with Crippen LogP contribution in [0.15, 0.2) is 0 Å². The van der Waals surface area contributed by atoms with E-state index >= 15 is 0 Å². The van der Waals surface area contributed by atoms with Gasteiger partial charge in [0.1, 0.15) is 0 Å². The Balaban J connectivity index is 2.30. The summed E-state index contributed by atoms with van der Waals surface area (Å²) in [4.78, 5) is 2.42. The fourth-order valence-corrected chi connectivity index (χ4v) is 2.40. The first-order chi connectivity index (χ1) is 7.17. The van der Waals surface area contributed by atoms with Crippen molar-refractivity contribution >= 4 is 0 Å². The highest BCUT2D eigenvalue weighted by Crippen LogP contribution is 2.26. The van der Waals surface area contributed by atoms with E-state index in [2.05, 4.69) is 18.9 Å². The molecule has 0 heterocycles. The van der Waals surface area contributed by atoms with Crippen molar-refractivity contribution in [2.24, 2.45) is 11.7 Å². The number of rotatable bonds is 5. The summed E-state index contributed by atoms with van der Waals surface area (Å²) in [7, 11) is 3.94. The number of likely N-dealkylation sites (N-methyl/N-ethyl adjacent to an activating group) is 1. The lowest BCUT2D eigenvalue weighted by atomic mass is 9.86. The normalized spacial score (nSPS) is 29.4. The highest BCUT2D eigenvalue weighted by Gasteiger charge is 2.22. The molecule has 1 fully saturated rings. The molecule has 0 aromatic rings. The predicted octanol–water partition coefficient (Wildman–Crippen LogP) is 1.47. The van der Waals surface area contributed by atoms with E-state index in [0.29, 0.717) is 6.54 Å². The smallest absolute Gasteiger partial charge is 0.0820 e. The van der Waals surface area contributed by atoms with Crippen molar-refractivity contribution in [2.75, 3.05) is 27.2 Å². The molecule has 2 N–H and O–H groups in total. The van der Waals surface area contributed by atoms with Gasteiger partial charge in [0.15, 0.2) is 0 Å². The number of nitrogens with two attached hydrogens (primary N) is 1. The Hall–Kier alpha value is -0.120. The van der Waals surface area contributed by atoms with Gasteiger partial charge in [-0.25, -0.2) is 0 Å². The molecule has 0 bridgehead atoms. The summed E-state index contributed by atoms with van der Waals surface area (Å²) in [6.07, 6.45) is 5.59. The lowest BCUT2D eigenvalue weighted by Crippen LogP contribution is -2.42. The maximum Gasteiger partial charge on any atom is 0.0820 e. The second-order valence-electron chi connectivity index (χ2n) is 4.95. The van der Waals surface area contributed by atoms with Crippen LogP contribution in [0.4, 0.5) is 0 Å². The van der Waals surface area contributed by atoms with Crippen LogP contribution in [0.5, 0.6) is 0 Å². The quantitative estimate of drug-likeness (QED) is 0.753. The number of nitrogens with zero attached hydrogens (tertiary/aromatic N) is 1. The Bertz CT molecular complexity index is 163. The molecule has 1 aliphatic carbocycles. The predicted molar refractivity (Wildman–Crippen MR) is 63.9 cm³/mol. The Morgan fingerprint density at radius 1 is 1.33 bits per heavy atom. The van der Waals surface area contributed by atoms with Gasteiger partial charge in [-0.3, -0.25) is 0 Å². The van der Waals surface area contributed by atoms with Crippen LogP contribution in [0.1, 0.15) is 32.6 Å². The Morgan fingerprint density at radius 3 is 2.40 bits per heavy atom. The molecule has 1 atom stereocenters. The van der Waals surface area contributed by atoms with E-state index in [1.165, 1.54) is 25.7 Å². The zero-order chi connectivity index (χ0) is 11.3. The van der Waals surface area contributed by atoms with Gasteiger partial charge in [0.25, 0.3) is 0 Å². The van der Waals surface area contributed by atoms with E-state index in [1.807, 2.05) is 0 Å². The monoisotopic (exact) mass is 214 g/mol. The summed E-state index contributed by atoms with van der Waals surface area (Å²) in [5, 5.41) is 0. The van der Waals surface area contributed by atoms with E-state index in [0.717, 1.165) is 18.5 Å². The molecule has 1 saturated carbocycles. The van der Waals surface area contributed by atoms with Crippen molar-refractivity contribution < 1.29 is 4.74 Å². The Morgan fingerprint density at radius 2 is 1.93 bits per heavy atom. The summed E-state index contributed by atoms with van der Waals surface area (Å²) in [6.45, 7) is 3.93. The molecule has 0 aromatic carbocycles. The molecule has 0 amide bonds. The average Bonchev–Trinajstić information content (AvgIpc) is 2.26. The van der Waals surface area contributed by atoms with E-state index in [4.69, 9.17) is 10.5 Å². The van der Waals surface area contributed by atoms with Crippen LogP contribution in [0, 0.1) is 5.92 Å². The van der Waals surface area contributed by atoms with Crippen molar-refractivity contribution in [2.45, 2.75) is 44.8 Å². The number of ether oxygens (including phenoxy) is 1. The molecular formula is C12H26N2O. The fraction of sp³-hybridized carbons (Fsp3) is 1.00. The highest BCUT2D eigenvalue weighted by atomic mass is 16.5. The average molecular weight is 214 g/mol. The molecule has 15 heavy (non-hydrogen) atoms. The molecule has 0 radical (unpaired) electrons. The number of hydrogen-bond donors (Lipinski definition) is 1. The van der Waals surface area contributed by atoms with Gasteiger partial charge in [0.05, 0.1) is 6.10 Å². The minimum Gasteiger partial charge on any atom is -0.379 e. The van der Waals surface area contributed by atoms with E-state index in [9.17, 15) is 0 Å². The second-order valence-corrected chi connectivity index (χ2v) is 4.95. The second kappa shape index (κ2) is 6.46. The minimum atomic E-state index is 0.189. The Kier molecular flexibility index (Phi) is 5.58. The van der Waals surface area contributed by atoms with Crippen LogP contribution in [0.2, 0.25) is 0 Å². The molecular weight excluding hydrogens is 188 g/mol. The first-order valence-electron chi connectivity index (χ1n) is 6.10. The SMILES string of the molecule is COC(CN)CN(C)C1CCC(C)CC1. The zero-order valence-electron chi connectivity index (χ0n) is 10.4. The lowest BCUT2D eigenvalue weighted by molar-refractivity contribution is 0.0546. The zero-order valence-corrected chi connectivity index (χ0v) is 10.4. The molecule has 1 rings (SSSR count). The van der Waals surface area contributed by atoms with Crippen molar-refractivity contribution in [1.82, 2.24) is 4.90 Å². The van der Waals surface area contributed by atoms with Crippen molar-refractivity contribution in [3.05, 3.63) is 0 Å². The van der Waals surface area contributed by atoms with Gasteiger partial charge in [-0.05, 0) is 38.6 Å². The molecule has 1 aliphatic rings. The van der Waals surface area contributed by atoms with Gasteiger partial charge >= 0.3 is 0 Å². The topological polar surface area (TPSA) is 38.5 Å². The van der Waals surface area contributed by atoms with Crippen LogP contribution in [-0.2, 0) is 4.74 Å². The van der Waals surface area contributed by atoms with Gasteiger partial charge in [0.2, 0.25) is 0 Å². The maximum absolute atomic E-state index is 5.63. The maximum atomic E-state index is 5.63. The van der Waals surface area contributed by atoms with E-state index in [-0.39, 0.29) is 6.10 Å². The van der Waals surface area contributed by atoms with Crippen LogP contribution < -0.4 is 5.73 Å². The molecule has 0 saturated heterocycles. The third-order valence-corrected chi connectivity index (χ3v) is 3.70. The summed E-state index contributed by atoms with van der Waals surface area (Å²) in [5.41, 5.74) is 5.63. The van der Waals surface area contributed by atoms with Crippen molar-refractivity contribution in [3.8, 4) is 0 Å². The molecule has 0 spiro atoms. The first-order valence-corrected chi connectivity index (χ1v) is 6.10. The number of methoxy groups -OCH3 is 1. The van der Waals surface area contributed by atoms with Crippen LogP contribution in [0.3, 0.4) is 0 Å². The lowest BCUT2D eigenvalue weighted by Gasteiger charge is -2.35. The summed E-state index contributed by atoms with van der Waals surface area (Å²) >= 11 is 0. The standard InChI is InChI=1S/C12H26N2O/c1-10-4-6-11(7-5-10)14(2)9-12(8-13)15-3/h10-12H,4-9,13H2,1-3H3. The summed E-state index contributed by atoms with van der Waals surface area (Å²) in [6, 6.07) is 0.741. The first kappa shape index (κ1) is 12.9. The highest BCUT2D eigenvalue weighted by molar-refractivity contribution is 4.78. The summed E-state index contributed by atoms with van der Waals surface area (Å²) in [5.74, 6) is 0.919. The van der Waals surface area contributed by atoms with Gasteiger partial charge in [0, 0.05) is 26.2 Å². The summed E-state index contributed by atoms with van der Waals surface area (Å²) < 4.78 is 5.32. The number of hydrogen-bond acceptors (Lipinski definition) is 3. The van der Waals surface area contributed by atoms with Crippen LogP contribution in [-0.4, -0.2) is 44.3 Å². The van der Waals surface area contributed by atoms with Gasteiger partial charge in [-0.15, -0.1) is 0 Å². The van der Waals surface area contributed by atoms with E-state index in [1.54, 1.807) is 7.11 Å².